The SMILES string of the molecule is N=C[C@@H](F)[C@H](OCc1ccc(Cl)cc1)[C@H](O)COCc1ccc(Cl)cc1. The van der Waals surface area contributed by atoms with Gasteiger partial charge in [-0.25, -0.2) is 4.39 Å². The standard InChI is InChI=1S/C19H20Cl2FNO3/c20-15-5-1-13(2-6-15)10-25-12-18(24)19(17(22)9-23)26-11-14-3-7-16(21)8-4-14/h1-9,17-19,23-24H,10-12H2/t17-,18-,19+/m1/s1. The number of hydrogen-bond donors (Lipinski definition) is 2. The lowest BCUT2D eigenvalue weighted by Gasteiger charge is -2.24. The smallest absolute Gasteiger partial charge is 0.163 e. The first kappa shape index (κ1) is 20.8. The Labute approximate surface area is 162 Å². The molecule has 0 radical (unpaired) electrons. The molecule has 0 saturated heterocycles. The minimum absolute atomic E-state index is 0.0876. The van der Waals surface area contributed by atoms with Crippen LogP contribution in [-0.4, -0.2) is 36.3 Å². The van der Waals surface area contributed by atoms with Crippen molar-refractivity contribution in [1.29, 1.82) is 5.41 Å². The minimum atomic E-state index is -1.74. The van der Waals surface area contributed by atoms with Gasteiger partial charge in [0.15, 0.2) is 6.17 Å². The third-order valence-corrected chi connectivity index (χ3v) is 4.18. The molecule has 26 heavy (non-hydrogen) atoms. The van der Waals surface area contributed by atoms with Gasteiger partial charge in [-0.05, 0) is 35.4 Å². The fraction of sp³-hybridized carbons (Fsp3) is 0.316. The van der Waals surface area contributed by atoms with Gasteiger partial charge in [0.1, 0.15) is 12.2 Å². The highest BCUT2D eigenvalue weighted by molar-refractivity contribution is 6.30. The van der Waals surface area contributed by atoms with Gasteiger partial charge < -0.3 is 20.0 Å². The molecule has 0 bridgehead atoms. The topological polar surface area (TPSA) is 62.5 Å². The second-order valence-electron chi connectivity index (χ2n) is 5.72. The fourth-order valence-corrected chi connectivity index (χ4v) is 2.51. The Morgan fingerprint density at radius 1 is 0.962 bits per heavy atom. The molecule has 0 unspecified atom stereocenters. The average Bonchev–Trinajstić information content (AvgIpc) is 2.64. The van der Waals surface area contributed by atoms with Crippen LogP contribution in [0.4, 0.5) is 4.39 Å². The van der Waals surface area contributed by atoms with Crippen LogP contribution in [-0.2, 0) is 22.7 Å². The third-order valence-electron chi connectivity index (χ3n) is 3.68. The van der Waals surface area contributed by atoms with Gasteiger partial charge in [-0.15, -0.1) is 0 Å². The van der Waals surface area contributed by atoms with E-state index in [4.69, 9.17) is 38.1 Å². The zero-order valence-electron chi connectivity index (χ0n) is 13.9. The number of aliphatic hydroxyl groups excluding tert-OH is 1. The molecule has 3 atom stereocenters. The van der Waals surface area contributed by atoms with Crippen molar-refractivity contribution in [2.45, 2.75) is 31.6 Å². The lowest BCUT2D eigenvalue weighted by atomic mass is 10.1. The fourth-order valence-electron chi connectivity index (χ4n) is 2.26. The summed E-state index contributed by atoms with van der Waals surface area (Å²) in [6.07, 6.45) is -3.55. The number of benzene rings is 2. The Hall–Kier alpha value is -1.50. The highest BCUT2D eigenvalue weighted by atomic mass is 35.5. The second kappa shape index (κ2) is 10.6. The number of hydrogen-bond acceptors (Lipinski definition) is 4. The number of ether oxygens (including phenoxy) is 2. The number of rotatable bonds is 10. The van der Waals surface area contributed by atoms with Crippen molar-refractivity contribution in [1.82, 2.24) is 0 Å². The van der Waals surface area contributed by atoms with Gasteiger partial charge in [-0.1, -0.05) is 47.5 Å². The van der Waals surface area contributed by atoms with Crippen LogP contribution in [0.2, 0.25) is 10.0 Å². The molecule has 0 saturated carbocycles. The molecule has 0 heterocycles. The van der Waals surface area contributed by atoms with Crippen molar-refractivity contribution >= 4 is 29.4 Å². The van der Waals surface area contributed by atoms with Crippen LogP contribution in [0.1, 0.15) is 11.1 Å². The van der Waals surface area contributed by atoms with E-state index in [0.29, 0.717) is 16.3 Å². The van der Waals surface area contributed by atoms with Crippen molar-refractivity contribution in [3.8, 4) is 0 Å². The van der Waals surface area contributed by atoms with E-state index in [2.05, 4.69) is 0 Å². The maximum atomic E-state index is 14.0. The monoisotopic (exact) mass is 399 g/mol. The lowest BCUT2D eigenvalue weighted by molar-refractivity contribution is -0.0972. The Morgan fingerprint density at radius 3 is 1.96 bits per heavy atom. The molecule has 0 spiro atoms. The van der Waals surface area contributed by atoms with E-state index >= 15 is 0 Å². The molecule has 2 aromatic carbocycles. The molecule has 0 aliphatic rings. The number of alkyl halides is 1. The van der Waals surface area contributed by atoms with Gasteiger partial charge in [0.2, 0.25) is 0 Å². The Kier molecular flexibility index (Phi) is 8.48. The molecule has 2 N–H and O–H groups in total. The van der Waals surface area contributed by atoms with Crippen molar-refractivity contribution in [2.75, 3.05) is 6.61 Å². The third kappa shape index (κ3) is 6.67. The van der Waals surface area contributed by atoms with Crippen LogP contribution in [0, 0.1) is 5.41 Å². The summed E-state index contributed by atoms with van der Waals surface area (Å²) in [7, 11) is 0. The molecular formula is C19H20Cl2FNO3. The first-order valence-corrected chi connectivity index (χ1v) is 8.76. The average molecular weight is 400 g/mol. The molecule has 0 amide bonds. The first-order chi connectivity index (χ1) is 12.5. The van der Waals surface area contributed by atoms with Gasteiger partial charge in [0, 0.05) is 16.3 Å². The molecule has 0 fully saturated rings. The lowest BCUT2D eigenvalue weighted by Crippen LogP contribution is -2.41. The van der Waals surface area contributed by atoms with Gasteiger partial charge >= 0.3 is 0 Å². The highest BCUT2D eigenvalue weighted by Crippen LogP contribution is 2.15. The molecule has 2 aromatic rings. The summed E-state index contributed by atoms with van der Waals surface area (Å²) in [5, 5.41) is 18.5. The molecule has 4 nitrogen and oxygen atoms in total. The van der Waals surface area contributed by atoms with Crippen molar-refractivity contribution < 1.29 is 19.0 Å². The number of aliphatic hydroxyl groups is 1. The van der Waals surface area contributed by atoms with E-state index < -0.39 is 18.4 Å². The summed E-state index contributed by atoms with van der Waals surface area (Å²) >= 11 is 11.6. The van der Waals surface area contributed by atoms with Crippen LogP contribution in [0.3, 0.4) is 0 Å². The molecule has 0 aliphatic carbocycles. The predicted octanol–water partition coefficient (Wildman–Crippen LogP) is 4.44. The van der Waals surface area contributed by atoms with Gasteiger partial charge in [-0.3, -0.25) is 0 Å². The predicted molar refractivity (Wildman–Crippen MR) is 101 cm³/mol. The molecule has 2 rings (SSSR count). The van der Waals surface area contributed by atoms with E-state index in [-0.39, 0.29) is 19.8 Å². The largest absolute Gasteiger partial charge is 0.388 e. The Bertz CT molecular complexity index is 682. The van der Waals surface area contributed by atoms with Crippen LogP contribution < -0.4 is 0 Å². The summed E-state index contributed by atoms with van der Waals surface area (Å²) in [5.41, 5.74) is 1.66. The van der Waals surface area contributed by atoms with Crippen molar-refractivity contribution in [2.24, 2.45) is 0 Å². The van der Waals surface area contributed by atoms with E-state index in [1.165, 1.54) is 0 Å². The van der Waals surface area contributed by atoms with Gasteiger partial charge in [0.25, 0.3) is 0 Å². The van der Waals surface area contributed by atoms with E-state index in [1.807, 2.05) is 0 Å². The summed E-state index contributed by atoms with van der Waals surface area (Å²) in [4.78, 5) is 0. The minimum Gasteiger partial charge on any atom is -0.388 e. The number of nitrogens with one attached hydrogen (secondary N) is 1. The summed E-state index contributed by atoms with van der Waals surface area (Å²) in [6.45, 7) is 0.214. The first-order valence-electron chi connectivity index (χ1n) is 8.00. The van der Waals surface area contributed by atoms with E-state index in [9.17, 15) is 9.50 Å². The van der Waals surface area contributed by atoms with Crippen LogP contribution in [0.5, 0.6) is 0 Å². The summed E-state index contributed by atoms with van der Waals surface area (Å²) in [6, 6.07) is 14.0. The van der Waals surface area contributed by atoms with Gasteiger partial charge in [-0.2, -0.15) is 0 Å². The quantitative estimate of drug-likeness (QED) is 0.580. The highest BCUT2D eigenvalue weighted by Gasteiger charge is 2.28. The summed E-state index contributed by atoms with van der Waals surface area (Å²) < 4.78 is 24.9. The van der Waals surface area contributed by atoms with Crippen LogP contribution in [0.25, 0.3) is 0 Å². The van der Waals surface area contributed by atoms with E-state index in [1.54, 1.807) is 48.5 Å². The van der Waals surface area contributed by atoms with E-state index in [0.717, 1.165) is 11.1 Å². The molecular weight excluding hydrogens is 380 g/mol. The maximum Gasteiger partial charge on any atom is 0.163 e. The molecule has 140 valence electrons. The Morgan fingerprint density at radius 2 is 1.46 bits per heavy atom. The molecule has 0 aliphatic heterocycles. The number of halogens is 3. The summed E-state index contributed by atoms with van der Waals surface area (Å²) in [5.74, 6) is 0. The normalized spacial score (nSPS) is 14.6. The molecule has 7 heteroatoms. The van der Waals surface area contributed by atoms with Crippen LogP contribution in [0.15, 0.2) is 48.5 Å². The Balaban J connectivity index is 1.86. The van der Waals surface area contributed by atoms with Crippen LogP contribution >= 0.6 is 23.2 Å². The second-order valence-corrected chi connectivity index (χ2v) is 6.59. The van der Waals surface area contributed by atoms with Crippen molar-refractivity contribution in [3.63, 3.8) is 0 Å². The molecule has 0 aromatic heterocycles. The van der Waals surface area contributed by atoms with Gasteiger partial charge in [0.05, 0.1) is 19.8 Å². The zero-order valence-corrected chi connectivity index (χ0v) is 15.5. The maximum absolute atomic E-state index is 14.0. The zero-order chi connectivity index (χ0) is 18.9. The van der Waals surface area contributed by atoms with Crippen molar-refractivity contribution in [3.05, 3.63) is 69.7 Å².